The number of ether oxygens (including phenoxy) is 1. The maximum absolute atomic E-state index is 14.2. The van der Waals surface area contributed by atoms with Crippen molar-refractivity contribution in [3.63, 3.8) is 0 Å². The number of halogens is 1. The first-order valence-corrected chi connectivity index (χ1v) is 11.3. The number of para-hydroxylation sites is 2. The average molecular weight is 440 g/mol. The van der Waals surface area contributed by atoms with Crippen molar-refractivity contribution in [2.24, 2.45) is 0 Å². The summed E-state index contributed by atoms with van der Waals surface area (Å²) in [4.78, 5) is 18.1. The molecule has 2 heterocycles. The van der Waals surface area contributed by atoms with Crippen molar-refractivity contribution >= 4 is 23.1 Å². The predicted molar refractivity (Wildman–Crippen MR) is 122 cm³/mol. The summed E-state index contributed by atoms with van der Waals surface area (Å²) in [6.07, 6.45) is -0.467. The molecule has 1 aliphatic rings. The normalized spacial score (nSPS) is 16.5. The molecule has 162 valence electrons. The number of carbonyl (C=O) groups excluding carboxylic acids is 1. The summed E-state index contributed by atoms with van der Waals surface area (Å²) >= 11 is 1.68. The summed E-state index contributed by atoms with van der Waals surface area (Å²) in [5.41, 5.74) is 0.646. The van der Waals surface area contributed by atoms with Crippen LogP contribution in [-0.4, -0.2) is 43.2 Å². The zero-order valence-electron chi connectivity index (χ0n) is 17.4. The number of piperazine rings is 1. The molecule has 7 heteroatoms. The Morgan fingerprint density at radius 3 is 2.39 bits per heavy atom. The summed E-state index contributed by atoms with van der Waals surface area (Å²) in [5.74, 6) is 0.322. The lowest BCUT2D eigenvalue weighted by atomic mass is 10.0. The second kappa shape index (κ2) is 9.94. The number of thiophene rings is 1. The molecule has 1 N–H and O–H groups in total. The first-order chi connectivity index (χ1) is 15.1. The molecule has 0 radical (unpaired) electrons. The molecule has 5 nitrogen and oxygen atoms in total. The minimum atomic E-state index is -0.467. The maximum Gasteiger partial charge on any atom is 0.412 e. The van der Waals surface area contributed by atoms with Gasteiger partial charge in [0.15, 0.2) is 0 Å². The Kier molecular flexibility index (Phi) is 6.84. The highest BCUT2D eigenvalue weighted by Gasteiger charge is 2.31. The quantitative estimate of drug-likeness (QED) is 0.592. The summed E-state index contributed by atoms with van der Waals surface area (Å²) in [5, 5.41) is 5.04. The molecule has 1 saturated heterocycles. The van der Waals surface area contributed by atoms with E-state index in [9.17, 15) is 9.18 Å². The molecule has 0 aliphatic carbocycles. The van der Waals surface area contributed by atoms with Crippen molar-refractivity contribution in [3.05, 3.63) is 82.8 Å². The van der Waals surface area contributed by atoms with E-state index in [0.717, 1.165) is 26.2 Å². The van der Waals surface area contributed by atoms with Crippen LogP contribution in [0.2, 0.25) is 0 Å². The fraction of sp³-hybridized carbons (Fsp3) is 0.292. The average Bonchev–Trinajstić information content (AvgIpc) is 3.30. The second-order valence-corrected chi connectivity index (χ2v) is 8.55. The van der Waals surface area contributed by atoms with Gasteiger partial charge < -0.3 is 15.0 Å². The maximum atomic E-state index is 14.2. The predicted octanol–water partition coefficient (Wildman–Crippen LogP) is 4.93. The summed E-state index contributed by atoms with van der Waals surface area (Å²) in [6, 6.07) is 19.9. The lowest BCUT2D eigenvalue weighted by molar-refractivity contribution is 0.146. The Morgan fingerprint density at radius 1 is 1.00 bits per heavy atom. The minimum absolute atomic E-state index is 0.0195. The van der Waals surface area contributed by atoms with Gasteiger partial charge in [-0.25, -0.2) is 9.18 Å². The van der Waals surface area contributed by atoms with Crippen LogP contribution >= 0.6 is 11.3 Å². The Hall–Kier alpha value is -2.90. The number of anilines is 1. The van der Waals surface area contributed by atoms with E-state index >= 15 is 0 Å². The highest BCUT2D eigenvalue weighted by atomic mass is 32.1. The zero-order chi connectivity index (χ0) is 21.6. The second-order valence-electron chi connectivity index (χ2n) is 7.57. The Balaban J connectivity index is 1.42. The standard InChI is InChI=1S/C24H26FN3O2S/c1-18(26-24(29)30-19-8-3-2-4-9-19)23(22-12-7-17-31-22)28-15-13-27(14-16-28)21-11-6-5-10-20(21)25/h2-12,17-18,23H,13-16H2,1H3,(H,26,29)/t18-,23-/m1/s1. The number of nitrogens with zero attached hydrogens (tertiary/aromatic N) is 2. The number of hydrogen-bond donors (Lipinski definition) is 1. The molecule has 1 fully saturated rings. The summed E-state index contributed by atoms with van der Waals surface area (Å²) < 4.78 is 19.6. The van der Waals surface area contributed by atoms with Crippen LogP contribution in [0.4, 0.5) is 14.9 Å². The van der Waals surface area contributed by atoms with Crippen LogP contribution in [0.3, 0.4) is 0 Å². The molecule has 2 atom stereocenters. The fourth-order valence-corrected chi connectivity index (χ4v) is 5.01. The van der Waals surface area contributed by atoms with Crippen LogP contribution in [0.15, 0.2) is 72.1 Å². The summed E-state index contributed by atoms with van der Waals surface area (Å²) in [6.45, 7) is 5.00. The fourth-order valence-electron chi connectivity index (χ4n) is 4.04. The van der Waals surface area contributed by atoms with Crippen LogP contribution < -0.4 is 15.0 Å². The smallest absolute Gasteiger partial charge is 0.410 e. The lowest BCUT2D eigenvalue weighted by Gasteiger charge is -2.42. The van der Waals surface area contributed by atoms with Crippen LogP contribution in [-0.2, 0) is 0 Å². The SMILES string of the molecule is C[C@@H](NC(=O)Oc1ccccc1)[C@H](c1cccs1)N1CCN(c2ccccc2F)CC1. The molecule has 1 amide bonds. The van der Waals surface area contributed by atoms with E-state index in [1.54, 1.807) is 29.5 Å². The van der Waals surface area contributed by atoms with Crippen LogP contribution in [0.1, 0.15) is 17.8 Å². The van der Waals surface area contributed by atoms with Gasteiger partial charge >= 0.3 is 6.09 Å². The third-order valence-corrected chi connectivity index (χ3v) is 6.45. The molecule has 0 bridgehead atoms. The van der Waals surface area contributed by atoms with Gasteiger partial charge in [-0.3, -0.25) is 4.90 Å². The van der Waals surface area contributed by atoms with Crippen molar-refractivity contribution < 1.29 is 13.9 Å². The molecule has 0 unspecified atom stereocenters. The van der Waals surface area contributed by atoms with Gasteiger partial charge in [0.2, 0.25) is 0 Å². The highest BCUT2D eigenvalue weighted by Crippen LogP contribution is 2.30. The zero-order valence-corrected chi connectivity index (χ0v) is 18.2. The van der Waals surface area contributed by atoms with Gasteiger partial charge in [0, 0.05) is 37.1 Å². The molecule has 0 saturated carbocycles. The van der Waals surface area contributed by atoms with Gasteiger partial charge in [-0.05, 0) is 42.6 Å². The molecule has 4 rings (SSSR count). The van der Waals surface area contributed by atoms with Gasteiger partial charge in [0.05, 0.1) is 11.7 Å². The van der Waals surface area contributed by atoms with E-state index in [2.05, 4.69) is 21.2 Å². The monoisotopic (exact) mass is 439 g/mol. The third kappa shape index (κ3) is 5.24. The minimum Gasteiger partial charge on any atom is -0.410 e. The molecule has 1 aromatic heterocycles. The van der Waals surface area contributed by atoms with E-state index in [-0.39, 0.29) is 17.9 Å². The molecule has 1 aliphatic heterocycles. The van der Waals surface area contributed by atoms with Crippen molar-refractivity contribution in [2.75, 3.05) is 31.1 Å². The molecular weight excluding hydrogens is 413 g/mol. The van der Waals surface area contributed by atoms with E-state index in [4.69, 9.17) is 4.74 Å². The topological polar surface area (TPSA) is 44.8 Å². The van der Waals surface area contributed by atoms with Crippen LogP contribution in [0.5, 0.6) is 5.75 Å². The van der Waals surface area contributed by atoms with E-state index in [1.807, 2.05) is 48.7 Å². The van der Waals surface area contributed by atoms with E-state index in [1.165, 1.54) is 10.9 Å². The van der Waals surface area contributed by atoms with Crippen LogP contribution in [0, 0.1) is 5.82 Å². The molecule has 31 heavy (non-hydrogen) atoms. The number of benzene rings is 2. The molecule has 3 aromatic rings. The Labute approximate surface area is 186 Å². The number of carbonyl (C=O) groups is 1. The van der Waals surface area contributed by atoms with Crippen molar-refractivity contribution in [1.82, 2.24) is 10.2 Å². The van der Waals surface area contributed by atoms with Crippen molar-refractivity contribution in [3.8, 4) is 5.75 Å². The number of nitrogens with one attached hydrogen (secondary N) is 1. The molecular formula is C24H26FN3O2S. The largest absolute Gasteiger partial charge is 0.412 e. The van der Waals surface area contributed by atoms with Crippen LogP contribution in [0.25, 0.3) is 0 Å². The number of hydrogen-bond acceptors (Lipinski definition) is 5. The third-order valence-electron chi connectivity index (χ3n) is 5.51. The molecule has 2 aromatic carbocycles. The van der Waals surface area contributed by atoms with Gasteiger partial charge in [-0.15, -0.1) is 11.3 Å². The van der Waals surface area contributed by atoms with Crippen molar-refractivity contribution in [2.45, 2.75) is 19.0 Å². The van der Waals surface area contributed by atoms with E-state index in [0.29, 0.717) is 11.4 Å². The number of rotatable bonds is 6. The van der Waals surface area contributed by atoms with E-state index < -0.39 is 6.09 Å². The first kappa shape index (κ1) is 21.3. The molecule has 0 spiro atoms. The first-order valence-electron chi connectivity index (χ1n) is 10.4. The van der Waals surface area contributed by atoms with Gasteiger partial charge in [0.25, 0.3) is 0 Å². The van der Waals surface area contributed by atoms with Gasteiger partial charge in [-0.1, -0.05) is 36.4 Å². The van der Waals surface area contributed by atoms with Crippen molar-refractivity contribution in [1.29, 1.82) is 0 Å². The Morgan fingerprint density at radius 2 is 1.71 bits per heavy atom. The Bertz CT molecular complexity index is 976. The number of amides is 1. The van der Waals surface area contributed by atoms with Gasteiger partial charge in [-0.2, -0.15) is 0 Å². The van der Waals surface area contributed by atoms with Gasteiger partial charge in [0.1, 0.15) is 11.6 Å². The highest BCUT2D eigenvalue weighted by molar-refractivity contribution is 7.10. The lowest BCUT2D eigenvalue weighted by Crippen LogP contribution is -2.52. The summed E-state index contributed by atoms with van der Waals surface area (Å²) in [7, 11) is 0.